The summed E-state index contributed by atoms with van der Waals surface area (Å²) in [6.45, 7) is 2.00. The molecule has 5 nitrogen and oxygen atoms in total. The van der Waals surface area contributed by atoms with Gasteiger partial charge >= 0.3 is 0 Å². The number of hydrogen-bond donors (Lipinski definition) is 1. The molecule has 1 amide bonds. The molecular formula is C19H20ClFN2O3S. The molecule has 144 valence electrons. The lowest BCUT2D eigenvalue weighted by Gasteiger charge is -2.25. The highest BCUT2D eigenvalue weighted by atomic mass is 35.5. The average Bonchev–Trinajstić information content (AvgIpc) is 3.47. The summed E-state index contributed by atoms with van der Waals surface area (Å²) in [7, 11) is -2.22. The van der Waals surface area contributed by atoms with Crippen molar-refractivity contribution in [1.29, 1.82) is 0 Å². The molecule has 1 fully saturated rings. The SMILES string of the molecule is CC(C1CC1)N(C)C(=O)c1ccc(Cl)c(NS(=O)(=O)c2ccc(F)cc2)c1. The Kier molecular flexibility index (Phi) is 5.44. The van der Waals surface area contributed by atoms with Crippen molar-refractivity contribution in [3.63, 3.8) is 0 Å². The van der Waals surface area contributed by atoms with Crippen LogP contribution < -0.4 is 4.72 Å². The van der Waals surface area contributed by atoms with E-state index in [0.29, 0.717) is 11.5 Å². The molecule has 8 heteroatoms. The molecule has 0 spiro atoms. The standard InChI is InChI=1S/C19H20ClFN2O3S/c1-12(13-3-4-13)23(2)19(24)14-5-10-17(20)18(11-14)22-27(25,26)16-8-6-15(21)7-9-16/h5-13,22H,3-4H2,1-2H3. The van der Waals surface area contributed by atoms with Gasteiger partial charge in [0.05, 0.1) is 15.6 Å². The number of nitrogens with one attached hydrogen (secondary N) is 1. The van der Waals surface area contributed by atoms with E-state index in [1.165, 1.54) is 12.1 Å². The van der Waals surface area contributed by atoms with Crippen LogP contribution in [0, 0.1) is 11.7 Å². The summed E-state index contributed by atoms with van der Waals surface area (Å²) in [5.74, 6) is -0.219. The number of halogens is 2. The predicted molar refractivity (Wildman–Crippen MR) is 103 cm³/mol. The third-order valence-electron chi connectivity index (χ3n) is 4.82. The van der Waals surface area contributed by atoms with Crippen LogP contribution in [0.15, 0.2) is 47.4 Å². The number of nitrogens with zero attached hydrogens (tertiary/aromatic N) is 1. The molecule has 1 atom stereocenters. The summed E-state index contributed by atoms with van der Waals surface area (Å²) in [5, 5.41) is 0.162. The first kappa shape index (κ1) is 19.6. The molecule has 0 heterocycles. The summed E-state index contributed by atoms with van der Waals surface area (Å²) in [4.78, 5) is 14.3. The van der Waals surface area contributed by atoms with Gasteiger partial charge in [0.2, 0.25) is 0 Å². The number of benzene rings is 2. The fraction of sp³-hybridized carbons (Fsp3) is 0.316. The Morgan fingerprint density at radius 1 is 1.22 bits per heavy atom. The zero-order valence-electron chi connectivity index (χ0n) is 14.9. The van der Waals surface area contributed by atoms with Crippen LogP contribution in [-0.4, -0.2) is 32.3 Å². The van der Waals surface area contributed by atoms with Crippen LogP contribution in [0.3, 0.4) is 0 Å². The highest BCUT2D eigenvalue weighted by molar-refractivity contribution is 7.92. The fourth-order valence-corrected chi connectivity index (χ4v) is 4.13. The van der Waals surface area contributed by atoms with Crippen LogP contribution in [0.1, 0.15) is 30.1 Å². The first-order valence-corrected chi connectivity index (χ1v) is 10.4. The Morgan fingerprint density at radius 2 is 1.85 bits per heavy atom. The van der Waals surface area contributed by atoms with Crippen molar-refractivity contribution < 1.29 is 17.6 Å². The molecule has 1 aliphatic rings. The van der Waals surface area contributed by atoms with Crippen molar-refractivity contribution >= 4 is 33.2 Å². The Balaban J connectivity index is 1.84. The minimum absolute atomic E-state index is 0.0966. The van der Waals surface area contributed by atoms with Crippen LogP contribution in [0.5, 0.6) is 0 Å². The maximum Gasteiger partial charge on any atom is 0.261 e. The molecule has 3 rings (SSSR count). The summed E-state index contributed by atoms with van der Waals surface area (Å²) < 4.78 is 40.4. The summed E-state index contributed by atoms with van der Waals surface area (Å²) in [5.41, 5.74) is 0.436. The average molecular weight is 411 g/mol. The number of amides is 1. The van der Waals surface area contributed by atoms with Gasteiger partial charge in [-0.1, -0.05) is 11.6 Å². The van der Waals surface area contributed by atoms with Crippen molar-refractivity contribution in [2.45, 2.75) is 30.7 Å². The van der Waals surface area contributed by atoms with Gasteiger partial charge in [0.25, 0.3) is 15.9 Å². The van der Waals surface area contributed by atoms with E-state index in [4.69, 9.17) is 11.6 Å². The Labute approximate surface area is 163 Å². The molecule has 27 heavy (non-hydrogen) atoms. The monoisotopic (exact) mass is 410 g/mol. The fourth-order valence-electron chi connectivity index (χ4n) is 2.84. The number of carbonyl (C=O) groups is 1. The highest BCUT2D eigenvalue weighted by Gasteiger charge is 2.32. The van der Waals surface area contributed by atoms with Gasteiger partial charge in [0.15, 0.2) is 0 Å². The lowest BCUT2D eigenvalue weighted by molar-refractivity contribution is 0.0727. The molecule has 0 aromatic heterocycles. The van der Waals surface area contributed by atoms with E-state index in [1.807, 2.05) is 6.92 Å². The van der Waals surface area contributed by atoms with Crippen molar-refractivity contribution in [2.24, 2.45) is 5.92 Å². The first-order valence-electron chi connectivity index (χ1n) is 8.54. The topological polar surface area (TPSA) is 66.5 Å². The lowest BCUT2D eigenvalue weighted by atomic mass is 10.1. The number of rotatable bonds is 6. The van der Waals surface area contributed by atoms with E-state index in [-0.39, 0.29) is 27.6 Å². The Morgan fingerprint density at radius 3 is 2.44 bits per heavy atom. The normalized spacial score (nSPS) is 15.3. The summed E-state index contributed by atoms with van der Waals surface area (Å²) in [6.07, 6.45) is 2.23. The van der Waals surface area contributed by atoms with E-state index < -0.39 is 15.8 Å². The minimum Gasteiger partial charge on any atom is -0.339 e. The van der Waals surface area contributed by atoms with Gasteiger partial charge in [0, 0.05) is 18.7 Å². The molecule has 1 saturated carbocycles. The number of carbonyl (C=O) groups excluding carboxylic acids is 1. The molecule has 2 aromatic rings. The second-order valence-electron chi connectivity index (χ2n) is 6.75. The highest BCUT2D eigenvalue weighted by Crippen LogP contribution is 2.35. The summed E-state index contributed by atoms with van der Waals surface area (Å²) >= 11 is 6.11. The number of hydrogen-bond acceptors (Lipinski definition) is 3. The number of anilines is 1. The van der Waals surface area contributed by atoms with Crippen LogP contribution in [0.25, 0.3) is 0 Å². The van der Waals surface area contributed by atoms with Gasteiger partial charge in [-0.25, -0.2) is 12.8 Å². The van der Waals surface area contributed by atoms with Gasteiger partial charge in [-0.2, -0.15) is 0 Å². The molecule has 1 unspecified atom stereocenters. The molecule has 1 aliphatic carbocycles. The van der Waals surface area contributed by atoms with Crippen LogP contribution >= 0.6 is 11.6 Å². The maximum absolute atomic E-state index is 13.0. The molecule has 1 N–H and O–H groups in total. The maximum atomic E-state index is 13.0. The van der Waals surface area contributed by atoms with E-state index >= 15 is 0 Å². The van der Waals surface area contributed by atoms with Crippen molar-refractivity contribution in [2.75, 3.05) is 11.8 Å². The van der Waals surface area contributed by atoms with Crippen LogP contribution in [0.4, 0.5) is 10.1 Å². The quantitative estimate of drug-likeness (QED) is 0.777. The van der Waals surface area contributed by atoms with E-state index in [9.17, 15) is 17.6 Å². The zero-order chi connectivity index (χ0) is 19.8. The zero-order valence-corrected chi connectivity index (χ0v) is 16.5. The van der Waals surface area contributed by atoms with E-state index in [2.05, 4.69) is 4.72 Å². The largest absolute Gasteiger partial charge is 0.339 e. The number of sulfonamides is 1. The molecule has 0 saturated heterocycles. The van der Waals surface area contributed by atoms with Gasteiger partial charge in [-0.05, 0) is 68.1 Å². The first-order chi connectivity index (χ1) is 12.7. The van der Waals surface area contributed by atoms with E-state index in [1.54, 1.807) is 18.0 Å². The molecule has 0 aliphatic heterocycles. The van der Waals surface area contributed by atoms with Crippen LogP contribution in [0.2, 0.25) is 5.02 Å². The molecule has 2 aromatic carbocycles. The lowest BCUT2D eigenvalue weighted by Crippen LogP contribution is -2.36. The van der Waals surface area contributed by atoms with Gasteiger partial charge in [-0.15, -0.1) is 0 Å². The second kappa shape index (κ2) is 7.48. The Bertz CT molecular complexity index is 959. The van der Waals surface area contributed by atoms with Crippen molar-refractivity contribution in [3.05, 3.63) is 58.9 Å². The molecule has 0 radical (unpaired) electrons. The minimum atomic E-state index is -3.96. The third-order valence-corrected chi connectivity index (χ3v) is 6.53. The smallest absolute Gasteiger partial charge is 0.261 e. The van der Waals surface area contributed by atoms with Gasteiger partial charge in [-0.3, -0.25) is 9.52 Å². The Hall–Kier alpha value is -2.12. The van der Waals surface area contributed by atoms with Crippen molar-refractivity contribution in [1.82, 2.24) is 4.90 Å². The van der Waals surface area contributed by atoms with Gasteiger partial charge in [0.1, 0.15) is 5.82 Å². The van der Waals surface area contributed by atoms with Crippen LogP contribution in [-0.2, 0) is 10.0 Å². The molecular weight excluding hydrogens is 391 g/mol. The van der Waals surface area contributed by atoms with E-state index in [0.717, 1.165) is 37.1 Å². The third kappa shape index (κ3) is 4.42. The van der Waals surface area contributed by atoms with Gasteiger partial charge < -0.3 is 4.90 Å². The molecule has 0 bridgehead atoms. The predicted octanol–water partition coefficient (Wildman–Crippen LogP) is 4.15. The second-order valence-corrected chi connectivity index (χ2v) is 8.84. The summed E-state index contributed by atoms with van der Waals surface area (Å²) in [6, 6.07) is 9.02. The van der Waals surface area contributed by atoms with Crippen molar-refractivity contribution in [3.8, 4) is 0 Å².